The minimum Gasteiger partial charge on any atom is -0.308 e. The Morgan fingerprint density at radius 1 is 1.43 bits per heavy atom. The van der Waals surface area contributed by atoms with Crippen molar-refractivity contribution in [3.8, 4) is 0 Å². The molecule has 0 N–H and O–H groups in total. The first-order chi connectivity index (χ1) is 10.0. The molecule has 0 aliphatic carbocycles. The summed E-state index contributed by atoms with van der Waals surface area (Å²) in [7, 11) is 0. The van der Waals surface area contributed by atoms with Crippen molar-refractivity contribution in [2.75, 3.05) is 11.4 Å². The number of halogens is 1. The van der Waals surface area contributed by atoms with Crippen molar-refractivity contribution < 1.29 is 9.72 Å². The molecular weight excluding hydrogens is 296 g/mol. The zero-order valence-electron chi connectivity index (χ0n) is 11.1. The number of anilines is 1. The number of pyridine rings is 2. The molecule has 0 atom stereocenters. The van der Waals surface area contributed by atoms with Crippen LogP contribution >= 0.6 is 11.6 Å². The van der Waals surface area contributed by atoms with Crippen LogP contribution in [0.3, 0.4) is 0 Å². The predicted molar refractivity (Wildman–Crippen MR) is 77.5 cm³/mol. The average Bonchev–Trinajstić information content (AvgIpc) is 2.49. The number of carbonyl (C=O) groups excluding carboxylic acids is 1. The van der Waals surface area contributed by atoms with Gasteiger partial charge in [-0.05, 0) is 19.1 Å². The van der Waals surface area contributed by atoms with Gasteiger partial charge >= 0.3 is 0 Å². The highest BCUT2D eigenvalue weighted by Crippen LogP contribution is 2.23. The van der Waals surface area contributed by atoms with Crippen LogP contribution in [0.2, 0.25) is 5.15 Å². The summed E-state index contributed by atoms with van der Waals surface area (Å²) in [4.78, 5) is 31.7. The predicted octanol–water partition coefficient (Wildman–Crippen LogP) is 2.70. The molecule has 2 aromatic rings. The molecule has 0 aliphatic heterocycles. The molecule has 2 rings (SSSR count). The summed E-state index contributed by atoms with van der Waals surface area (Å²) in [6.45, 7) is 2.17. The van der Waals surface area contributed by atoms with Gasteiger partial charge in [0.1, 0.15) is 11.3 Å². The molecular formula is C13H11ClN4O3. The third kappa shape index (κ3) is 3.14. The van der Waals surface area contributed by atoms with Crippen LogP contribution in [0.15, 0.2) is 36.8 Å². The second kappa shape index (κ2) is 6.27. The maximum absolute atomic E-state index is 12.5. The average molecular weight is 307 g/mol. The van der Waals surface area contributed by atoms with Gasteiger partial charge in [-0.1, -0.05) is 11.6 Å². The van der Waals surface area contributed by atoms with Crippen LogP contribution in [0.1, 0.15) is 17.3 Å². The molecule has 7 nitrogen and oxygen atoms in total. The van der Waals surface area contributed by atoms with E-state index in [0.717, 1.165) is 12.3 Å². The molecule has 2 heterocycles. The number of amides is 1. The van der Waals surface area contributed by atoms with Gasteiger partial charge < -0.3 is 4.90 Å². The number of hydrogen-bond acceptors (Lipinski definition) is 5. The summed E-state index contributed by atoms with van der Waals surface area (Å²) in [5, 5.41) is 10.7. The van der Waals surface area contributed by atoms with Gasteiger partial charge in [0.05, 0.1) is 10.5 Å². The summed E-state index contributed by atoms with van der Waals surface area (Å²) in [6.07, 6.45) is 4.12. The third-order valence-electron chi connectivity index (χ3n) is 2.80. The Morgan fingerprint density at radius 3 is 2.67 bits per heavy atom. The summed E-state index contributed by atoms with van der Waals surface area (Å²) < 4.78 is 0. The number of aromatic nitrogens is 2. The quantitative estimate of drug-likeness (QED) is 0.492. The monoisotopic (exact) mass is 306 g/mol. The normalized spacial score (nSPS) is 10.2. The van der Waals surface area contributed by atoms with Crippen molar-refractivity contribution in [2.45, 2.75) is 6.92 Å². The Kier molecular flexibility index (Phi) is 4.44. The molecule has 0 unspecified atom stereocenters. The molecule has 0 bridgehead atoms. The van der Waals surface area contributed by atoms with Crippen molar-refractivity contribution in [3.63, 3.8) is 0 Å². The van der Waals surface area contributed by atoms with Gasteiger partial charge in [0.2, 0.25) is 0 Å². The van der Waals surface area contributed by atoms with Crippen LogP contribution in [0.5, 0.6) is 0 Å². The Balaban J connectivity index is 2.43. The van der Waals surface area contributed by atoms with Crippen molar-refractivity contribution in [3.05, 3.63) is 57.6 Å². The highest BCUT2D eigenvalue weighted by Gasteiger charge is 2.22. The molecule has 1 amide bonds. The molecule has 0 saturated heterocycles. The maximum atomic E-state index is 12.5. The summed E-state index contributed by atoms with van der Waals surface area (Å²) >= 11 is 5.89. The minimum atomic E-state index is -0.622. The standard InChI is InChI=1S/C13H11ClN4O3/c1-2-17(9-3-5-15-6-4-9)13(19)11-7-10(18(20)21)8-16-12(11)14/h3-8H,2H2,1H3. The largest absolute Gasteiger partial charge is 0.308 e. The summed E-state index contributed by atoms with van der Waals surface area (Å²) in [5.41, 5.74) is 0.332. The molecule has 8 heteroatoms. The summed E-state index contributed by atoms with van der Waals surface area (Å²) in [6, 6.07) is 4.46. The van der Waals surface area contributed by atoms with E-state index >= 15 is 0 Å². The third-order valence-corrected chi connectivity index (χ3v) is 3.10. The van der Waals surface area contributed by atoms with Crippen LogP contribution in [-0.2, 0) is 0 Å². The van der Waals surface area contributed by atoms with E-state index in [1.54, 1.807) is 31.5 Å². The lowest BCUT2D eigenvalue weighted by atomic mass is 10.2. The molecule has 0 radical (unpaired) electrons. The fraction of sp³-hybridized carbons (Fsp3) is 0.154. The lowest BCUT2D eigenvalue weighted by Gasteiger charge is -2.21. The first-order valence-corrected chi connectivity index (χ1v) is 6.44. The fourth-order valence-electron chi connectivity index (χ4n) is 1.80. The number of hydrogen-bond donors (Lipinski definition) is 0. The lowest BCUT2D eigenvalue weighted by molar-refractivity contribution is -0.385. The van der Waals surface area contributed by atoms with E-state index in [1.807, 2.05) is 0 Å². The van der Waals surface area contributed by atoms with Crippen molar-refractivity contribution in [1.29, 1.82) is 0 Å². The van der Waals surface area contributed by atoms with E-state index in [0.29, 0.717) is 12.2 Å². The molecule has 2 aromatic heterocycles. The van der Waals surface area contributed by atoms with E-state index in [-0.39, 0.29) is 16.4 Å². The number of nitrogens with zero attached hydrogens (tertiary/aromatic N) is 4. The smallest absolute Gasteiger partial charge is 0.288 e. The number of carbonyl (C=O) groups is 1. The van der Waals surface area contributed by atoms with Crippen LogP contribution in [-0.4, -0.2) is 27.3 Å². The van der Waals surface area contributed by atoms with E-state index in [9.17, 15) is 14.9 Å². The second-order valence-electron chi connectivity index (χ2n) is 4.04. The van der Waals surface area contributed by atoms with Crippen molar-refractivity contribution in [2.24, 2.45) is 0 Å². The Morgan fingerprint density at radius 2 is 2.10 bits per heavy atom. The molecule has 0 saturated carbocycles. The first kappa shape index (κ1) is 14.9. The topological polar surface area (TPSA) is 89.2 Å². The SMILES string of the molecule is CCN(C(=O)c1cc([N+](=O)[O-])cnc1Cl)c1ccncc1. The summed E-state index contributed by atoms with van der Waals surface area (Å²) in [5.74, 6) is -0.454. The molecule has 21 heavy (non-hydrogen) atoms. The van der Waals surface area contributed by atoms with E-state index in [1.165, 1.54) is 4.90 Å². The highest BCUT2D eigenvalue weighted by molar-refractivity contribution is 6.33. The Labute approximate surface area is 125 Å². The van der Waals surface area contributed by atoms with Gasteiger partial charge in [-0.3, -0.25) is 19.9 Å². The fourth-order valence-corrected chi connectivity index (χ4v) is 1.98. The number of nitro groups is 1. The Hall–Kier alpha value is -2.54. The van der Waals surface area contributed by atoms with E-state index in [4.69, 9.17) is 11.6 Å². The highest BCUT2D eigenvalue weighted by atomic mass is 35.5. The van der Waals surface area contributed by atoms with E-state index in [2.05, 4.69) is 9.97 Å². The van der Waals surface area contributed by atoms with Crippen LogP contribution in [0.4, 0.5) is 11.4 Å². The zero-order chi connectivity index (χ0) is 15.4. The zero-order valence-corrected chi connectivity index (χ0v) is 11.8. The number of rotatable bonds is 4. The second-order valence-corrected chi connectivity index (χ2v) is 4.40. The van der Waals surface area contributed by atoms with Crippen molar-refractivity contribution >= 4 is 28.9 Å². The van der Waals surface area contributed by atoms with Crippen molar-refractivity contribution in [1.82, 2.24) is 9.97 Å². The molecule has 0 aliphatic rings. The molecule has 0 aromatic carbocycles. The molecule has 0 fully saturated rings. The molecule has 108 valence electrons. The first-order valence-electron chi connectivity index (χ1n) is 6.06. The van der Waals surface area contributed by atoms with Gasteiger partial charge in [-0.2, -0.15) is 0 Å². The maximum Gasteiger partial charge on any atom is 0.288 e. The minimum absolute atomic E-state index is 0.00970. The van der Waals surface area contributed by atoms with Gasteiger partial charge in [0.25, 0.3) is 11.6 Å². The van der Waals surface area contributed by atoms with Crippen LogP contribution in [0, 0.1) is 10.1 Å². The van der Waals surface area contributed by atoms with Gasteiger partial charge in [-0.15, -0.1) is 0 Å². The van der Waals surface area contributed by atoms with Gasteiger partial charge in [0.15, 0.2) is 0 Å². The van der Waals surface area contributed by atoms with Gasteiger partial charge in [-0.25, -0.2) is 4.98 Å². The molecule has 0 spiro atoms. The van der Waals surface area contributed by atoms with Crippen LogP contribution in [0.25, 0.3) is 0 Å². The van der Waals surface area contributed by atoms with Crippen LogP contribution < -0.4 is 4.90 Å². The van der Waals surface area contributed by atoms with Gasteiger partial charge in [0, 0.05) is 30.7 Å². The van der Waals surface area contributed by atoms with E-state index < -0.39 is 10.8 Å². The Bertz CT molecular complexity index is 678. The lowest BCUT2D eigenvalue weighted by Crippen LogP contribution is -2.31.